The minimum atomic E-state index is -2.23. The third-order valence-corrected chi connectivity index (χ3v) is 3.99. The lowest BCUT2D eigenvalue weighted by Gasteiger charge is -2.33. The Kier molecular flexibility index (Phi) is 6.58. The molecule has 2 rings (SSSR count). The van der Waals surface area contributed by atoms with Gasteiger partial charge in [-0.3, -0.25) is 4.90 Å². The van der Waals surface area contributed by atoms with E-state index in [9.17, 15) is 8.78 Å². The molecular weight excluding hydrogens is 286 g/mol. The van der Waals surface area contributed by atoms with Crippen LogP contribution in [0.3, 0.4) is 0 Å². The topological polar surface area (TPSA) is 24.5 Å². The highest BCUT2D eigenvalue weighted by atomic mass is 19.3. The van der Waals surface area contributed by atoms with Crippen molar-refractivity contribution in [2.24, 2.45) is 0 Å². The Morgan fingerprint density at radius 2 is 2.05 bits per heavy atom. The molecule has 1 fully saturated rings. The van der Waals surface area contributed by atoms with Gasteiger partial charge in [-0.1, -0.05) is 12.1 Å². The van der Waals surface area contributed by atoms with E-state index in [4.69, 9.17) is 4.74 Å². The van der Waals surface area contributed by atoms with Crippen molar-refractivity contribution in [3.8, 4) is 5.75 Å². The number of piperidine rings is 1. The molecule has 1 unspecified atom stereocenters. The Morgan fingerprint density at radius 1 is 1.32 bits per heavy atom. The number of alkyl halides is 2. The van der Waals surface area contributed by atoms with Crippen molar-refractivity contribution in [1.82, 2.24) is 10.2 Å². The van der Waals surface area contributed by atoms with Gasteiger partial charge in [0.2, 0.25) is 0 Å². The van der Waals surface area contributed by atoms with Crippen LogP contribution in [-0.2, 0) is 0 Å². The monoisotopic (exact) mass is 312 g/mol. The molecule has 0 bridgehead atoms. The largest absolute Gasteiger partial charge is 0.492 e. The van der Waals surface area contributed by atoms with E-state index in [1.165, 1.54) is 5.56 Å². The van der Waals surface area contributed by atoms with Gasteiger partial charge in [-0.05, 0) is 57.5 Å². The third-order valence-electron chi connectivity index (χ3n) is 3.99. The van der Waals surface area contributed by atoms with Crippen LogP contribution in [0.5, 0.6) is 5.75 Å². The molecule has 1 atom stereocenters. The number of hydrogen-bond donors (Lipinski definition) is 1. The number of rotatable bonds is 7. The molecule has 1 aliphatic rings. The zero-order valence-electron chi connectivity index (χ0n) is 13.4. The van der Waals surface area contributed by atoms with Gasteiger partial charge in [0.15, 0.2) is 0 Å². The van der Waals surface area contributed by atoms with Crippen LogP contribution in [-0.4, -0.2) is 49.7 Å². The molecule has 1 heterocycles. The van der Waals surface area contributed by atoms with Crippen molar-refractivity contribution in [3.63, 3.8) is 0 Å². The minimum absolute atomic E-state index is 0.0985. The molecule has 0 aliphatic carbocycles. The van der Waals surface area contributed by atoms with E-state index in [1.54, 1.807) is 0 Å². The highest BCUT2D eigenvalue weighted by Gasteiger charge is 2.22. The van der Waals surface area contributed by atoms with Crippen LogP contribution in [0, 0.1) is 6.92 Å². The van der Waals surface area contributed by atoms with Gasteiger partial charge in [-0.15, -0.1) is 0 Å². The van der Waals surface area contributed by atoms with Crippen LogP contribution >= 0.6 is 0 Å². The Bertz CT molecular complexity index is 448. The van der Waals surface area contributed by atoms with Crippen LogP contribution in [0.25, 0.3) is 0 Å². The number of nitrogens with zero attached hydrogens (tertiary/aromatic N) is 1. The van der Waals surface area contributed by atoms with Crippen LogP contribution < -0.4 is 10.1 Å². The van der Waals surface area contributed by atoms with Crippen LogP contribution in [0.4, 0.5) is 8.78 Å². The van der Waals surface area contributed by atoms with Gasteiger partial charge in [0.1, 0.15) is 12.4 Å². The van der Waals surface area contributed by atoms with Gasteiger partial charge in [0.05, 0.1) is 6.54 Å². The molecule has 0 spiro atoms. The lowest BCUT2D eigenvalue weighted by molar-refractivity contribution is 0.0715. The van der Waals surface area contributed by atoms with Crippen LogP contribution in [0.1, 0.15) is 25.3 Å². The molecule has 1 aromatic carbocycles. The number of halogens is 2. The van der Waals surface area contributed by atoms with Gasteiger partial charge in [0.25, 0.3) is 6.43 Å². The van der Waals surface area contributed by atoms with Crippen LogP contribution in [0.2, 0.25) is 0 Å². The quantitative estimate of drug-likeness (QED) is 0.837. The summed E-state index contributed by atoms with van der Waals surface area (Å²) < 4.78 is 30.5. The smallest absolute Gasteiger partial charge is 0.251 e. The number of nitrogens with one attached hydrogen (secondary N) is 1. The fourth-order valence-electron chi connectivity index (χ4n) is 2.85. The summed E-state index contributed by atoms with van der Waals surface area (Å²) in [6, 6.07) is 8.65. The first-order valence-electron chi connectivity index (χ1n) is 7.99. The van der Waals surface area contributed by atoms with Crippen molar-refractivity contribution in [2.45, 2.75) is 45.2 Å². The number of aryl methyl sites for hydroxylation is 1. The molecule has 1 aliphatic heterocycles. The normalized spacial score (nSPS) is 18.6. The number of likely N-dealkylation sites (tertiary alicyclic amines) is 1. The fourth-order valence-corrected chi connectivity index (χ4v) is 2.85. The van der Waals surface area contributed by atoms with Crippen molar-refractivity contribution in [3.05, 3.63) is 29.8 Å². The van der Waals surface area contributed by atoms with Gasteiger partial charge in [-0.25, -0.2) is 8.78 Å². The van der Waals surface area contributed by atoms with E-state index in [-0.39, 0.29) is 12.6 Å². The first-order valence-corrected chi connectivity index (χ1v) is 7.99. The number of ether oxygens (including phenoxy) is 1. The summed E-state index contributed by atoms with van der Waals surface area (Å²) in [5.41, 5.74) is 1.18. The van der Waals surface area contributed by atoms with Crippen molar-refractivity contribution in [2.75, 3.05) is 26.2 Å². The minimum Gasteiger partial charge on any atom is -0.492 e. The number of benzene rings is 1. The number of hydrogen-bond acceptors (Lipinski definition) is 3. The van der Waals surface area contributed by atoms with E-state index in [0.29, 0.717) is 12.6 Å². The lowest BCUT2D eigenvalue weighted by atomic mass is 10.0. The summed E-state index contributed by atoms with van der Waals surface area (Å²) in [6.45, 7) is 6.14. The maximum Gasteiger partial charge on any atom is 0.251 e. The van der Waals surface area contributed by atoms with E-state index in [1.807, 2.05) is 36.1 Å². The molecule has 1 N–H and O–H groups in total. The Morgan fingerprint density at radius 3 is 2.68 bits per heavy atom. The van der Waals surface area contributed by atoms with E-state index >= 15 is 0 Å². The van der Waals surface area contributed by atoms with Crippen molar-refractivity contribution < 1.29 is 13.5 Å². The van der Waals surface area contributed by atoms with Crippen molar-refractivity contribution in [1.29, 1.82) is 0 Å². The first kappa shape index (κ1) is 17.2. The van der Waals surface area contributed by atoms with Crippen molar-refractivity contribution >= 4 is 0 Å². The van der Waals surface area contributed by atoms with E-state index in [2.05, 4.69) is 12.2 Å². The molecule has 124 valence electrons. The average Bonchev–Trinajstić information content (AvgIpc) is 2.47. The first-order chi connectivity index (χ1) is 10.5. The predicted molar refractivity (Wildman–Crippen MR) is 84.7 cm³/mol. The van der Waals surface area contributed by atoms with Gasteiger partial charge >= 0.3 is 0 Å². The van der Waals surface area contributed by atoms with Gasteiger partial charge in [0, 0.05) is 12.1 Å². The van der Waals surface area contributed by atoms with E-state index in [0.717, 1.165) is 31.7 Å². The predicted octanol–water partition coefficient (Wildman–Crippen LogP) is 3.08. The highest BCUT2D eigenvalue weighted by Crippen LogP contribution is 2.14. The molecule has 0 radical (unpaired) electrons. The average molecular weight is 312 g/mol. The molecule has 3 nitrogen and oxygen atoms in total. The van der Waals surface area contributed by atoms with Crippen LogP contribution in [0.15, 0.2) is 24.3 Å². The molecular formula is C17H26F2N2O. The molecule has 0 saturated carbocycles. The summed E-state index contributed by atoms with van der Waals surface area (Å²) in [7, 11) is 0. The summed E-state index contributed by atoms with van der Waals surface area (Å²) >= 11 is 0. The molecule has 22 heavy (non-hydrogen) atoms. The molecule has 1 saturated heterocycles. The summed E-state index contributed by atoms with van der Waals surface area (Å²) in [6.07, 6.45) is -0.394. The standard InChI is InChI=1S/C17H26F2N2O/c1-13-4-3-5-16(10-13)22-12-14(2)20-15-6-8-21(9-7-15)11-17(18)19/h3-5,10,14-15,17,20H,6-9,11-12H2,1-2H3. The Hall–Kier alpha value is -1.20. The molecule has 5 heteroatoms. The third kappa shape index (κ3) is 5.89. The maximum atomic E-state index is 12.3. The second-order valence-corrected chi connectivity index (χ2v) is 6.16. The Labute approximate surface area is 131 Å². The summed E-state index contributed by atoms with van der Waals surface area (Å²) in [5, 5.41) is 3.54. The summed E-state index contributed by atoms with van der Waals surface area (Å²) in [4.78, 5) is 1.84. The van der Waals surface area contributed by atoms with Gasteiger partial charge < -0.3 is 10.1 Å². The second-order valence-electron chi connectivity index (χ2n) is 6.16. The maximum absolute atomic E-state index is 12.3. The Balaban J connectivity index is 1.66. The molecule has 1 aromatic rings. The van der Waals surface area contributed by atoms with E-state index < -0.39 is 6.43 Å². The second kappa shape index (κ2) is 8.44. The molecule has 0 aromatic heterocycles. The van der Waals surface area contributed by atoms with Gasteiger partial charge in [-0.2, -0.15) is 0 Å². The fraction of sp³-hybridized carbons (Fsp3) is 0.647. The highest BCUT2D eigenvalue weighted by molar-refractivity contribution is 5.27. The zero-order valence-corrected chi connectivity index (χ0v) is 13.4. The molecule has 0 amide bonds. The SMILES string of the molecule is Cc1cccc(OCC(C)NC2CCN(CC(F)F)CC2)c1. The lowest BCUT2D eigenvalue weighted by Crippen LogP contribution is -2.47. The zero-order chi connectivity index (χ0) is 15.9. The summed E-state index contributed by atoms with van der Waals surface area (Å²) in [5.74, 6) is 0.889.